The lowest BCUT2D eigenvalue weighted by Gasteiger charge is -2.14. The van der Waals surface area contributed by atoms with E-state index in [1.807, 2.05) is 19.1 Å². The molecule has 0 aromatic heterocycles. The Kier molecular flexibility index (Phi) is 8.15. The van der Waals surface area contributed by atoms with Crippen LogP contribution in [0, 0.1) is 10.1 Å². The number of carbonyl (C=O) groups is 1. The number of hydrogen-bond acceptors (Lipinski definition) is 7. The highest BCUT2D eigenvalue weighted by molar-refractivity contribution is 8.27. The minimum atomic E-state index is -0.498. The molecular formula is C25H18Cl2N2O5S2. The SMILES string of the molecule is CCOc1cc(/C=C2/SC(=S)N(c3ccc([N+](=O)[O-])cc3)C2=O)ccc1OCc1ccc(Cl)c(Cl)c1. The average molecular weight is 561 g/mol. The first-order chi connectivity index (χ1) is 17.3. The second-order valence-electron chi connectivity index (χ2n) is 7.47. The van der Waals surface area contributed by atoms with Crippen LogP contribution < -0.4 is 14.4 Å². The zero-order chi connectivity index (χ0) is 25.8. The monoisotopic (exact) mass is 560 g/mol. The minimum Gasteiger partial charge on any atom is -0.490 e. The second kappa shape index (κ2) is 11.3. The molecule has 3 aromatic carbocycles. The molecule has 36 heavy (non-hydrogen) atoms. The van der Waals surface area contributed by atoms with Crippen molar-refractivity contribution in [2.45, 2.75) is 13.5 Å². The first-order valence-electron chi connectivity index (χ1n) is 10.6. The molecule has 1 fully saturated rings. The van der Waals surface area contributed by atoms with E-state index in [-0.39, 0.29) is 18.2 Å². The van der Waals surface area contributed by atoms with Crippen molar-refractivity contribution in [1.82, 2.24) is 0 Å². The van der Waals surface area contributed by atoms with Gasteiger partial charge in [-0.3, -0.25) is 19.8 Å². The molecule has 0 atom stereocenters. The summed E-state index contributed by atoms with van der Waals surface area (Å²) >= 11 is 18.6. The van der Waals surface area contributed by atoms with Crippen molar-refractivity contribution in [2.75, 3.05) is 11.5 Å². The quantitative estimate of drug-likeness (QED) is 0.124. The Labute approximate surface area is 226 Å². The molecule has 1 saturated heterocycles. The van der Waals surface area contributed by atoms with Crippen LogP contribution in [0.5, 0.6) is 11.5 Å². The van der Waals surface area contributed by atoms with E-state index in [1.165, 1.54) is 29.2 Å². The van der Waals surface area contributed by atoms with E-state index in [9.17, 15) is 14.9 Å². The molecule has 0 bridgehead atoms. The van der Waals surface area contributed by atoms with Gasteiger partial charge >= 0.3 is 0 Å². The third-order valence-corrected chi connectivity index (χ3v) is 7.10. The number of non-ortho nitro benzene ring substituents is 1. The van der Waals surface area contributed by atoms with Gasteiger partial charge in [-0.25, -0.2) is 0 Å². The van der Waals surface area contributed by atoms with Gasteiger partial charge in [0.05, 0.1) is 32.2 Å². The number of nitro groups is 1. The Bertz CT molecular complexity index is 1380. The molecule has 0 unspecified atom stereocenters. The van der Waals surface area contributed by atoms with E-state index in [0.717, 1.165) is 22.9 Å². The van der Waals surface area contributed by atoms with Crippen molar-refractivity contribution < 1.29 is 19.2 Å². The van der Waals surface area contributed by atoms with Gasteiger partial charge in [0.15, 0.2) is 15.8 Å². The predicted octanol–water partition coefficient (Wildman–Crippen LogP) is 7.29. The molecule has 7 nitrogen and oxygen atoms in total. The molecule has 11 heteroatoms. The Balaban J connectivity index is 1.53. The molecule has 3 aromatic rings. The van der Waals surface area contributed by atoms with Crippen molar-refractivity contribution in [2.24, 2.45) is 0 Å². The molecule has 0 spiro atoms. The van der Waals surface area contributed by atoms with E-state index in [4.69, 9.17) is 44.9 Å². The Morgan fingerprint density at radius 1 is 1.03 bits per heavy atom. The van der Waals surface area contributed by atoms with Gasteiger partial charge in [-0.05, 0) is 60.5 Å². The van der Waals surface area contributed by atoms with Crippen LogP contribution >= 0.6 is 47.2 Å². The van der Waals surface area contributed by atoms with Gasteiger partial charge in [0.2, 0.25) is 0 Å². The molecule has 1 heterocycles. The molecule has 0 aliphatic carbocycles. The Morgan fingerprint density at radius 3 is 2.44 bits per heavy atom. The number of thiocarbonyl (C=S) groups is 1. The number of amides is 1. The second-order valence-corrected chi connectivity index (χ2v) is 9.96. The number of benzene rings is 3. The third-order valence-electron chi connectivity index (χ3n) is 5.06. The normalized spacial score (nSPS) is 14.4. The van der Waals surface area contributed by atoms with Crippen molar-refractivity contribution in [3.8, 4) is 11.5 Å². The maximum atomic E-state index is 13.1. The van der Waals surface area contributed by atoms with E-state index in [0.29, 0.717) is 43.1 Å². The van der Waals surface area contributed by atoms with Gasteiger partial charge in [-0.1, -0.05) is 59.3 Å². The number of nitrogens with zero attached hydrogens (tertiary/aromatic N) is 2. The van der Waals surface area contributed by atoms with Crippen molar-refractivity contribution in [3.05, 3.63) is 96.9 Å². The van der Waals surface area contributed by atoms with Crippen molar-refractivity contribution in [1.29, 1.82) is 0 Å². The molecule has 1 amide bonds. The van der Waals surface area contributed by atoms with Crippen LogP contribution in [0.15, 0.2) is 65.6 Å². The first-order valence-corrected chi connectivity index (χ1v) is 12.6. The fraction of sp³-hybridized carbons (Fsp3) is 0.120. The summed E-state index contributed by atoms with van der Waals surface area (Å²) in [5.41, 5.74) is 1.98. The van der Waals surface area contributed by atoms with Crippen LogP contribution in [0.1, 0.15) is 18.1 Å². The van der Waals surface area contributed by atoms with Crippen LogP contribution in [-0.4, -0.2) is 21.8 Å². The number of ether oxygens (including phenoxy) is 2. The molecule has 1 aliphatic heterocycles. The number of halogens is 2. The highest BCUT2D eigenvalue weighted by atomic mass is 35.5. The summed E-state index contributed by atoms with van der Waals surface area (Å²) in [6.45, 7) is 2.56. The topological polar surface area (TPSA) is 81.9 Å². The van der Waals surface area contributed by atoms with Gasteiger partial charge < -0.3 is 9.47 Å². The predicted molar refractivity (Wildman–Crippen MR) is 147 cm³/mol. The van der Waals surface area contributed by atoms with E-state index in [1.54, 1.807) is 30.3 Å². The number of anilines is 1. The lowest BCUT2D eigenvalue weighted by Crippen LogP contribution is -2.27. The van der Waals surface area contributed by atoms with Crippen LogP contribution in [0.4, 0.5) is 11.4 Å². The number of nitro benzene ring substituents is 1. The van der Waals surface area contributed by atoms with Crippen LogP contribution in [0.3, 0.4) is 0 Å². The van der Waals surface area contributed by atoms with Gasteiger partial charge in [0.25, 0.3) is 11.6 Å². The molecule has 0 radical (unpaired) electrons. The number of carbonyl (C=O) groups excluding carboxylic acids is 1. The summed E-state index contributed by atoms with van der Waals surface area (Å²) in [6, 6.07) is 16.3. The summed E-state index contributed by atoms with van der Waals surface area (Å²) in [6.07, 6.45) is 1.72. The largest absolute Gasteiger partial charge is 0.490 e. The van der Waals surface area contributed by atoms with Gasteiger partial charge in [-0.2, -0.15) is 0 Å². The highest BCUT2D eigenvalue weighted by Crippen LogP contribution is 2.38. The van der Waals surface area contributed by atoms with Gasteiger partial charge in [0.1, 0.15) is 6.61 Å². The fourth-order valence-corrected chi connectivity index (χ4v) is 4.98. The van der Waals surface area contributed by atoms with Crippen LogP contribution in [0.2, 0.25) is 10.0 Å². The van der Waals surface area contributed by atoms with Gasteiger partial charge in [0, 0.05) is 12.1 Å². The number of rotatable bonds is 8. The maximum absolute atomic E-state index is 13.1. The van der Waals surface area contributed by atoms with E-state index < -0.39 is 4.92 Å². The number of hydrogen-bond donors (Lipinski definition) is 0. The van der Waals surface area contributed by atoms with Crippen LogP contribution in [-0.2, 0) is 11.4 Å². The fourth-order valence-electron chi connectivity index (χ4n) is 3.36. The standard InChI is InChI=1S/C25H18Cl2N2O5S2/c1-2-33-22-12-15(4-10-21(22)34-14-16-3-9-19(26)20(27)11-16)13-23-24(30)28(25(35)36-23)17-5-7-18(8-6-17)29(31)32/h3-13H,2,14H2,1H3/b23-13+. The Morgan fingerprint density at radius 2 is 1.78 bits per heavy atom. The third kappa shape index (κ3) is 5.82. The summed E-state index contributed by atoms with van der Waals surface area (Å²) in [4.78, 5) is 25.3. The van der Waals surface area contributed by atoms with Crippen molar-refractivity contribution in [3.63, 3.8) is 0 Å². The average Bonchev–Trinajstić information content (AvgIpc) is 3.13. The zero-order valence-corrected chi connectivity index (χ0v) is 21.9. The minimum absolute atomic E-state index is 0.0651. The molecule has 0 N–H and O–H groups in total. The summed E-state index contributed by atoms with van der Waals surface area (Å²) in [5, 5.41) is 11.8. The molecule has 0 saturated carbocycles. The van der Waals surface area contributed by atoms with E-state index >= 15 is 0 Å². The molecule has 4 rings (SSSR count). The summed E-state index contributed by atoms with van der Waals surface area (Å²) < 4.78 is 12.0. The lowest BCUT2D eigenvalue weighted by atomic mass is 10.1. The smallest absolute Gasteiger partial charge is 0.270 e. The zero-order valence-electron chi connectivity index (χ0n) is 18.8. The van der Waals surface area contributed by atoms with Crippen LogP contribution in [0.25, 0.3) is 6.08 Å². The maximum Gasteiger partial charge on any atom is 0.270 e. The molecular weight excluding hydrogens is 543 g/mol. The molecule has 184 valence electrons. The van der Waals surface area contributed by atoms with Crippen molar-refractivity contribution >= 4 is 74.9 Å². The summed E-state index contributed by atoms with van der Waals surface area (Å²) in [7, 11) is 0. The number of thioether (sulfide) groups is 1. The molecule has 1 aliphatic rings. The summed E-state index contributed by atoms with van der Waals surface area (Å²) in [5.74, 6) is 0.757. The van der Waals surface area contributed by atoms with E-state index in [2.05, 4.69) is 0 Å². The first kappa shape index (κ1) is 26.0. The lowest BCUT2D eigenvalue weighted by molar-refractivity contribution is -0.384. The highest BCUT2D eigenvalue weighted by Gasteiger charge is 2.33. The Hall–Kier alpha value is -3.11. The van der Waals surface area contributed by atoms with Gasteiger partial charge in [-0.15, -0.1) is 0 Å².